The van der Waals surface area contributed by atoms with Crippen LogP contribution in [0, 0.1) is 0 Å². The Morgan fingerprint density at radius 2 is 1.88 bits per heavy atom. The van der Waals surface area contributed by atoms with Crippen molar-refractivity contribution in [3.05, 3.63) is 40.6 Å². The predicted molar refractivity (Wildman–Crippen MR) is 98.3 cm³/mol. The van der Waals surface area contributed by atoms with Gasteiger partial charge in [0, 0.05) is 33.1 Å². The maximum atomic E-state index is 12.3. The minimum absolute atomic E-state index is 0.143. The molecule has 1 aromatic carbocycles. The number of anilines is 2. The molecule has 0 saturated heterocycles. The highest BCUT2D eigenvalue weighted by atomic mass is 32.2. The van der Waals surface area contributed by atoms with Gasteiger partial charge in [-0.05, 0) is 29.6 Å². The van der Waals surface area contributed by atoms with Crippen LogP contribution in [0.3, 0.4) is 0 Å². The standard InChI is InChI=1S/C16H21N3O3S2/c1-18(2)15-8-7-13(24(21,22)19(3)4)11-14(15)17-16(20)10-12-6-5-9-23-12/h5-9,11H,10H2,1-4H3,(H,17,20). The molecule has 1 aromatic heterocycles. The van der Waals surface area contributed by atoms with Gasteiger partial charge in [0.1, 0.15) is 0 Å². The summed E-state index contributed by atoms with van der Waals surface area (Å²) in [5.74, 6) is -0.181. The van der Waals surface area contributed by atoms with Gasteiger partial charge in [-0.25, -0.2) is 12.7 Å². The molecular weight excluding hydrogens is 346 g/mol. The first-order valence-corrected chi connectivity index (χ1v) is 9.60. The highest BCUT2D eigenvalue weighted by Crippen LogP contribution is 2.28. The molecule has 1 amide bonds. The Labute approximate surface area is 146 Å². The van der Waals surface area contributed by atoms with Crippen LogP contribution in [0.1, 0.15) is 4.88 Å². The summed E-state index contributed by atoms with van der Waals surface area (Å²) >= 11 is 1.51. The van der Waals surface area contributed by atoms with Crippen LogP contribution >= 0.6 is 11.3 Å². The number of hydrogen-bond acceptors (Lipinski definition) is 5. The van der Waals surface area contributed by atoms with Crippen molar-refractivity contribution in [3.8, 4) is 0 Å². The fraction of sp³-hybridized carbons (Fsp3) is 0.312. The summed E-state index contributed by atoms with van der Waals surface area (Å²) in [6, 6.07) is 8.51. The molecule has 0 unspecified atom stereocenters. The van der Waals surface area contributed by atoms with Crippen molar-refractivity contribution < 1.29 is 13.2 Å². The number of amides is 1. The van der Waals surface area contributed by atoms with Crippen molar-refractivity contribution in [2.45, 2.75) is 11.3 Å². The highest BCUT2D eigenvalue weighted by molar-refractivity contribution is 7.89. The fourth-order valence-corrected chi connectivity index (χ4v) is 3.77. The minimum atomic E-state index is -3.56. The van der Waals surface area contributed by atoms with Gasteiger partial charge >= 0.3 is 0 Å². The van der Waals surface area contributed by atoms with Crippen LogP contribution in [0.4, 0.5) is 11.4 Å². The van der Waals surface area contributed by atoms with E-state index in [9.17, 15) is 13.2 Å². The predicted octanol–water partition coefficient (Wildman–Crippen LogP) is 2.25. The zero-order valence-electron chi connectivity index (χ0n) is 14.1. The monoisotopic (exact) mass is 367 g/mol. The zero-order chi connectivity index (χ0) is 17.9. The number of sulfonamides is 1. The van der Waals surface area contributed by atoms with Gasteiger partial charge in [0.05, 0.1) is 22.7 Å². The van der Waals surface area contributed by atoms with Gasteiger partial charge in [-0.1, -0.05) is 6.07 Å². The maximum Gasteiger partial charge on any atom is 0.242 e. The lowest BCUT2D eigenvalue weighted by molar-refractivity contribution is -0.115. The Morgan fingerprint density at radius 1 is 1.17 bits per heavy atom. The van der Waals surface area contributed by atoms with Gasteiger partial charge in [-0.15, -0.1) is 11.3 Å². The van der Waals surface area contributed by atoms with Crippen molar-refractivity contribution >= 4 is 38.6 Å². The van der Waals surface area contributed by atoms with Gasteiger partial charge in [-0.3, -0.25) is 4.79 Å². The number of nitrogens with zero attached hydrogens (tertiary/aromatic N) is 2. The van der Waals surface area contributed by atoms with E-state index in [2.05, 4.69) is 5.32 Å². The molecule has 2 rings (SSSR count). The number of rotatable bonds is 6. The van der Waals surface area contributed by atoms with E-state index in [0.29, 0.717) is 5.69 Å². The average Bonchev–Trinajstić information content (AvgIpc) is 2.99. The fourth-order valence-electron chi connectivity index (χ4n) is 2.14. The third-order valence-electron chi connectivity index (χ3n) is 3.42. The van der Waals surface area contributed by atoms with Gasteiger partial charge in [-0.2, -0.15) is 0 Å². The second kappa shape index (κ2) is 7.33. The number of benzene rings is 1. The van der Waals surface area contributed by atoms with Crippen LogP contribution in [0.25, 0.3) is 0 Å². The van der Waals surface area contributed by atoms with E-state index >= 15 is 0 Å². The van der Waals surface area contributed by atoms with Gasteiger partial charge in [0.15, 0.2) is 0 Å². The van der Waals surface area contributed by atoms with Crippen molar-refractivity contribution in [2.75, 3.05) is 38.4 Å². The molecule has 1 heterocycles. The topological polar surface area (TPSA) is 69.7 Å². The molecule has 0 aliphatic heterocycles. The third-order valence-corrected chi connectivity index (χ3v) is 6.10. The first kappa shape index (κ1) is 18.4. The molecule has 0 bridgehead atoms. The number of nitrogens with one attached hydrogen (secondary N) is 1. The number of carbonyl (C=O) groups excluding carboxylic acids is 1. The van der Waals surface area contributed by atoms with Crippen molar-refractivity contribution in [1.82, 2.24) is 4.31 Å². The second-order valence-corrected chi connectivity index (χ2v) is 8.85. The van der Waals surface area contributed by atoms with E-state index in [-0.39, 0.29) is 17.2 Å². The van der Waals surface area contributed by atoms with E-state index in [1.807, 2.05) is 36.5 Å². The summed E-state index contributed by atoms with van der Waals surface area (Å²) in [7, 11) is 3.07. The third kappa shape index (κ3) is 4.14. The second-order valence-electron chi connectivity index (χ2n) is 5.67. The maximum absolute atomic E-state index is 12.3. The van der Waals surface area contributed by atoms with Gasteiger partial charge in [0.25, 0.3) is 0 Å². The molecule has 0 saturated carbocycles. The Kier molecular flexibility index (Phi) is 5.63. The Balaban J connectivity index is 2.33. The summed E-state index contributed by atoms with van der Waals surface area (Å²) in [6.45, 7) is 0. The van der Waals surface area contributed by atoms with Gasteiger partial charge in [0.2, 0.25) is 15.9 Å². The Hall–Kier alpha value is -1.90. The van der Waals surface area contributed by atoms with Crippen LogP contribution in [-0.4, -0.2) is 46.8 Å². The van der Waals surface area contributed by atoms with E-state index in [4.69, 9.17) is 0 Å². The van der Waals surface area contributed by atoms with Gasteiger partial charge < -0.3 is 10.2 Å². The first-order valence-electron chi connectivity index (χ1n) is 7.28. The molecule has 0 radical (unpaired) electrons. The number of carbonyl (C=O) groups is 1. The normalized spacial score (nSPS) is 11.5. The molecule has 2 aromatic rings. The molecule has 0 spiro atoms. The molecule has 130 valence electrons. The quantitative estimate of drug-likeness (QED) is 0.850. The van der Waals surface area contributed by atoms with Crippen LogP contribution in [-0.2, 0) is 21.2 Å². The largest absolute Gasteiger partial charge is 0.376 e. The Morgan fingerprint density at radius 3 is 2.42 bits per heavy atom. The molecule has 0 atom stereocenters. The molecule has 0 aliphatic carbocycles. The van der Waals surface area contributed by atoms with Crippen molar-refractivity contribution in [3.63, 3.8) is 0 Å². The van der Waals surface area contributed by atoms with Crippen molar-refractivity contribution in [2.24, 2.45) is 0 Å². The summed E-state index contributed by atoms with van der Waals surface area (Å²) in [5.41, 5.74) is 1.22. The SMILES string of the molecule is CN(C)c1ccc(S(=O)(=O)N(C)C)cc1NC(=O)Cc1cccs1. The number of hydrogen-bond donors (Lipinski definition) is 1. The summed E-state index contributed by atoms with van der Waals surface area (Å²) in [6.07, 6.45) is 0.259. The van der Waals surface area contributed by atoms with E-state index in [1.54, 1.807) is 12.1 Å². The summed E-state index contributed by atoms with van der Waals surface area (Å²) in [4.78, 5) is 15.2. The summed E-state index contributed by atoms with van der Waals surface area (Å²) in [5, 5.41) is 4.74. The molecule has 1 N–H and O–H groups in total. The van der Waals surface area contributed by atoms with Crippen LogP contribution in [0.15, 0.2) is 40.6 Å². The molecule has 8 heteroatoms. The first-order chi connectivity index (χ1) is 11.2. The molecule has 24 heavy (non-hydrogen) atoms. The lowest BCUT2D eigenvalue weighted by Gasteiger charge is -2.20. The average molecular weight is 367 g/mol. The summed E-state index contributed by atoms with van der Waals surface area (Å²) < 4.78 is 25.8. The van der Waals surface area contributed by atoms with Crippen LogP contribution in [0.5, 0.6) is 0 Å². The lowest BCUT2D eigenvalue weighted by atomic mass is 10.2. The molecular formula is C16H21N3O3S2. The smallest absolute Gasteiger partial charge is 0.242 e. The van der Waals surface area contributed by atoms with E-state index < -0.39 is 10.0 Å². The lowest BCUT2D eigenvalue weighted by Crippen LogP contribution is -2.23. The Bertz CT molecular complexity index is 813. The molecule has 0 fully saturated rings. The van der Waals surface area contributed by atoms with Crippen molar-refractivity contribution in [1.29, 1.82) is 0 Å². The molecule has 6 nitrogen and oxygen atoms in total. The number of thiophene rings is 1. The minimum Gasteiger partial charge on any atom is -0.376 e. The van der Waals surface area contributed by atoms with Crippen LogP contribution in [0.2, 0.25) is 0 Å². The van der Waals surface area contributed by atoms with Crippen LogP contribution < -0.4 is 10.2 Å². The zero-order valence-corrected chi connectivity index (χ0v) is 15.7. The van der Waals surface area contributed by atoms with E-state index in [1.165, 1.54) is 31.5 Å². The highest BCUT2D eigenvalue weighted by Gasteiger charge is 2.20. The van der Waals surface area contributed by atoms with E-state index in [0.717, 1.165) is 14.9 Å². The molecule has 0 aliphatic rings.